The van der Waals surface area contributed by atoms with Gasteiger partial charge in [0.15, 0.2) is 11.6 Å². The molecule has 0 saturated heterocycles. The van der Waals surface area contributed by atoms with Gasteiger partial charge in [-0.3, -0.25) is 9.59 Å². The first kappa shape index (κ1) is 19.3. The number of carbonyl (C=O) groups is 2. The van der Waals surface area contributed by atoms with Gasteiger partial charge >= 0.3 is 0 Å². The minimum absolute atomic E-state index is 0.171. The first-order chi connectivity index (χ1) is 13.7. The van der Waals surface area contributed by atoms with E-state index in [1.807, 2.05) is 6.92 Å². The molecule has 150 valence electrons. The molecule has 0 saturated carbocycles. The molecule has 8 heteroatoms. The number of Topliss-reactive ketones (excluding diaryl/α,β-unsaturated/α-hetero) is 2. The normalized spacial score (nSPS) is 24.9. The van der Waals surface area contributed by atoms with Crippen molar-refractivity contribution in [1.82, 2.24) is 0 Å². The highest BCUT2D eigenvalue weighted by molar-refractivity contribution is 7.90. The number of aromatic hydroxyl groups is 1. The van der Waals surface area contributed by atoms with Crippen LogP contribution < -0.4 is 5.32 Å². The second-order valence-electron chi connectivity index (χ2n) is 7.55. The first-order valence-electron chi connectivity index (χ1n) is 9.32. The summed E-state index contributed by atoms with van der Waals surface area (Å²) in [6, 6.07) is 10.7. The van der Waals surface area contributed by atoms with E-state index in [4.69, 9.17) is 0 Å². The molecule has 7 nitrogen and oxygen atoms in total. The molecule has 0 aromatic heterocycles. The number of rotatable bonds is 3. The fourth-order valence-electron chi connectivity index (χ4n) is 4.20. The van der Waals surface area contributed by atoms with Crippen LogP contribution in [0.15, 0.2) is 51.8 Å². The molecule has 2 aliphatic rings. The molecule has 2 atom stereocenters. The fourth-order valence-corrected chi connectivity index (χ4v) is 5.38. The zero-order valence-corrected chi connectivity index (χ0v) is 16.8. The maximum absolute atomic E-state index is 13.5. The van der Waals surface area contributed by atoms with Crippen LogP contribution in [0, 0.1) is 5.92 Å². The largest absolute Gasteiger partial charge is 0.508 e. The van der Waals surface area contributed by atoms with Gasteiger partial charge in [-0.15, -0.1) is 4.40 Å². The van der Waals surface area contributed by atoms with E-state index >= 15 is 0 Å². The van der Waals surface area contributed by atoms with E-state index in [0.29, 0.717) is 17.5 Å². The predicted octanol–water partition coefficient (Wildman–Crippen LogP) is 3.04. The molecular weight excluding hydrogens is 392 g/mol. The second kappa shape index (κ2) is 6.52. The summed E-state index contributed by atoms with van der Waals surface area (Å²) in [4.78, 5) is 26.5. The third-order valence-electron chi connectivity index (χ3n) is 5.60. The van der Waals surface area contributed by atoms with E-state index in [0.717, 1.165) is 12.5 Å². The Morgan fingerprint density at radius 3 is 2.62 bits per heavy atom. The number of ketones is 2. The number of amidine groups is 1. The van der Waals surface area contributed by atoms with Gasteiger partial charge in [0, 0.05) is 11.6 Å². The lowest BCUT2D eigenvalue weighted by atomic mass is 9.63. The molecule has 0 fully saturated rings. The average Bonchev–Trinajstić information content (AvgIpc) is 2.67. The number of benzene rings is 2. The second-order valence-corrected chi connectivity index (χ2v) is 9.12. The number of phenolic OH excluding ortho intramolecular Hbond substituents is 1. The fraction of sp³-hybridized carbons (Fsp3) is 0.286. The Balaban J connectivity index is 1.88. The molecule has 4 rings (SSSR count). The summed E-state index contributed by atoms with van der Waals surface area (Å²) in [5.41, 5.74) is 0.321. The lowest BCUT2D eigenvalue weighted by Crippen LogP contribution is -2.51. The van der Waals surface area contributed by atoms with Crippen LogP contribution in [0.1, 0.15) is 42.6 Å². The molecule has 0 amide bonds. The molecule has 0 spiro atoms. The van der Waals surface area contributed by atoms with Crippen molar-refractivity contribution in [3.8, 4) is 5.75 Å². The van der Waals surface area contributed by atoms with E-state index in [-0.39, 0.29) is 28.0 Å². The summed E-state index contributed by atoms with van der Waals surface area (Å²) in [5.74, 6) is -2.59. The van der Waals surface area contributed by atoms with Crippen molar-refractivity contribution in [2.75, 3.05) is 5.32 Å². The number of sulfonamides is 1. The number of fused-ring (bicyclic) bond motifs is 2. The Labute approximate surface area is 168 Å². The number of hydrogen-bond donors (Lipinski definition) is 2. The number of carbonyl (C=O) groups excluding carboxylic acids is 2. The predicted molar refractivity (Wildman–Crippen MR) is 108 cm³/mol. The number of anilines is 1. The highest BCUT2D eigenvalue weighted by Gasteiger charge is 2.51. The SMILES string of the molecule is CCCC1(C)C(=O)C(C2=NS(=O)(=O)c3cc(O)ccc3N2)C(=O)c2ccccc21. The van der Waals surface area contributed by atoms with E-state index in [1.165, 1.54) is 12.1 Å². The number of phenols is 1. The Bertz CT molecular complexity index is 1190. The van der Waals surface area contributed by atoms with Gasteiger partial charge in [-0.25, -0.2) is 0 Å². The molecule has 2 aromatic carbocycles. The Morgan fingerprint density at radius 1 is 1.17 bits per heavy atom. The molecule has 2 N–H and O–H groups in total. The maximum Gasteiger partial charge on any atom is 0.286 e. The van der Waals surface area contributed by atoms with Crippen molar-refractivity contribution < 1.29 is 23.1 Å². The lowest BCUT2D eigenvalue weighted by molar-refractivity contribution is -0.125. The molecule has 1 aliphatic heterocycles. The van der Waals surface area contributed by atoms with Crippen molar-refractivity contribution in [2.24, 2.45) is 10.3 Å². The van der Waals surface area contributed by atoms with E-state index in [2.05, 4.69) is 9.71 Å². The van der Waals surface area contributed by atoms with Gasteiger partial charge < -0.3 is 10.4 Å². The van der Waals surface area contributed by atoms with Gasteiger partial charge in [0.2, 0.25) is 0 Å². The number of nitrogens with one attached hydrogen (secondary N) is 1. The molecule has 1 heterocycles. The van der Waals surface area contributed by atoms with Crippen molar-refractivity contribution in [1.29, 1.82) is 0 Å². The van der Waals surface area contributed by atoms with Crippen LogP contribution in [0.2, 0.25) is 0 Å². The van der Waals surface area contributed by atoms with Gasteiger partial charge in [0.25, 0.3) is 10.0 Å². The minimum Gasteiger partial charge on any atom is -0.508 e. The monoisotopic (exact) mass is 412 g/mol. The Morgan fingerprint density at radius 2 is 1.90 bits per heavy atom. The lowest BCUT2D eigenvalue weighted by Gasteiger charge is -2.38. The highest BCUT2D eigenvalue weighted by atomic mass is 32.2. The average molecular weight is 412 g/mol. The topological polar surface area (TPSA) is 113 Å². The van der Waals surface area contributed by atoms with E-state index < -0.39 is 27.1 Å². The van der Waals surface area contributed by atoms with Gasteiger partial charge in [0.05, 0.1) is 11.1 Å². The van der Waals surface area contributed by atoms with Crippen LogP contribution in [0.4, 0.5) is 5.69 Å². The van der Waals surface area contributed by atoms with Crippen molar-refractivity contribution in [3.05, 3.63) is 53.6 Å². The summed E-state index contributed by atoms with van der Waals surface area (Å²) in [7, 11) is -4.18. The molecule has 1 aliphatic carbocycles. The van der Waals surface area contributed by atoms with Gasteiger partial charge in [0.1, 0.15) is 22.4 Å². The van der Waals surface area contributed by atoms with Crippen LogP contribution in [0.5, 0.6) is 5.75 Å². The summed E-state index contributed by atoms with van der Waals surface area (Å²) >= 11 is 0. The number of hydrogen-bond acceptors (Lipinski definition) is 6. The minimum atomic E-state index is -4.18. The Hall–Kier alpha value is -3.00. The van der Waals surface area contributed by atoms with Gasteiger partial charge in [-0.05, 0) is 31.0 Å². The van der Waals surface area contributed by atoms with E-state index in [1.54, 1.807) is 31.2 Å². The zero-order chi connectivity index (χ0) is 21.0. The summed E-state index contributed by atoms with van der Waals surface area (Å²) in [6.45, 7) is 3.75. The smallest absolute Gasteiger partial charge is 0.286 e. The zero-order valence-electron chi connectivity index (χ0n) is 16.0. The van der Waals surface area contributed by atoms with Crippen molar-refractivity contribution >= 4 is 33.1 Å². The van der Waals surface area contributed by atoms with Gasteiger partial charge in [-0.2, -0.15) is 8.42 Å². The van der Waals surface area contributed by atoms with Crippen LogP contribution >= 0.6 is 0 Å². The van der Waals surface area contributed by atoms with Crippen molar-refractivity contribution in [3.63, 3.8) is 0 Å². The quantitative estimate of drug-likeness (QED) is 0.592. The van der Waals surface area contributed by atoms with Crippen LogP contribution in [0.3, 0.4) is 0 Å². The van der Waals surface area contributed by atoms with Crippen LogP contribution in [-0.4, -0.2) is 30.9 Å². The third kappa shape index (κ3) is 2.86. The van der Waals surface area contributed by atoms with Crippen LogP contribution in [0.25, 0.3) is 0 Å². The number of nitrogens with zero attached hydrogens (tertiary/aromatic N) is 1. The summed E-state index contributed by atoms with van der Waals surface area (Å²) in [6.07, 6.45) is 1.24. The molecule has 29 heavy (non-hydrogen) atoms. The molecular formula is C21H20N2O5S. The van der Waals surface area contributed by atoms with E-state index in [9.17, 15) is 23.1 Å². The van der Waals surface area contributed by atoms with Gasteiger partial charge in [-0.1, -0.05) is 37.6 Å². The van der Waals surface area contributed by atoms with Crippen LogP contribution in [-0.2, 0) is 20.2 Å². The third-order valence-corrected chi connectivity index (χ3v) is 6.93. The Kier molecular flexibility index (Phi) is 4.34. The maximum atomic E-state index is 13.5. The highest BCUT2D eigenvalue weighted by Crippen LogP contribution is 2.42. The molecule has 0 bridgehead atoms. The first-order valence-corrected chi connectivity index (χ1v) is 10.8. The van der Waals surface area contributed by atoms with Crippen molar-refractivity contribution in [2.45, 2.75) is 37.0 Å². The standard InChI is InChI=1S/C21H20N2O5S/c1-3-10-21(2)14-7-5-4-6-13(14)18(25)17(19(21)26)20-22-15-9-8-12(24)11-16(15)29(27,28)23-20/h4-9,11,17,24H,3,10H2,1-2H3,(H,22,23). The molecule has 2 unspecified atom stereocenters. The summed E-state index contributed by atoms with van der Waals surface area (Å²) in [5, 5.41) is 12.4. The molecule has 0 radical (unpaired) electrons. The molecule has 2 aromatic rings. The summed E-state index contributed by atoms with van der Waals surface area (Å²) < 4.78 is 29.1.